The molecule has 84 valence electrons. The van der Waals surface area contributed by atoms with Crippen LogP contribution in [0, 0.1) is 22.7 Å². The minimum absolute atomic E-state index is 0.126. The van der Waals surface area contributed by atoms with Crippen molar-refractivity contribution in [3.63, 3.8) is 0 Å². The predicted octanol–water partition coefficient (Wildman–Crippen LogP) is 0.124. The first-order valence-electron chi connectivity index (χ1n) is 4.62. The highest BCUT2D eigenvalue weighted by Crippen LogP contribution is 2.53. The van der Waals surface area contributed by atoms with Crippen LogP contribution in [0.1, 0.15) is 13.3 Å². The summed E-state index contributed by atoms with van der Waals surface area (Å²) in [7, 11) is -3.15. The smallest absolute Gasteiger partial charge is 0.326 e. The lowest BCUT2D eigenvalue weighted by molar-refractivity contribution is -0.147. The highest BCUT2D eigenvalue weighted by atomic mass is 32.2. The molecule has 0 unspecified atom stereocenters. The van der Waals surface area contributed by atoms with Crippen LogP contribution in [0.15, 0.2) is 0 Å². The van der Waals surface area contributed by atoms with Crippen LogP contribution in [0.2, 0.25) is 0 Å². The van der Waals surface area contributed by atoms with Crippen LogP contribution in [0.25, 0.3) is 0 Å². The number of carbonyl (C=O) groups excluding carboxylic acids is 1. The third-order valence-corrected chi connectivity index (χ3v) is 3.46. The minimum atomic E-state index is -3.15. The molecule has 0 aromatic carbocycles. The van der Waals surface area contributed by atoms with E-state index in [0.717, 1.165) is 6.26 Å². The van der Waals surface area contributed by atoms with E-state index >= 15 is 0 Å². The molecule has 0 radical (unpaired) electrons. The molecule has 1 saturated carbocycles. The Morgan fingerprint density at radius 1 is 1.67 bits per heavy atom. The molecule has 0 N–H and O–H groups in total. The number of hydrogen-bond acceptors (Lipinski definition) is 5. The molecule has 2 atom stereocenters. The molecule has 15 heavy (non-hydrogen) atoms. The number of ether oxygens (including phenoxy) is 1. The van der Waals surface area contributed by atoms with Crippen molar-refractivity contribution in [3.05, 3.63) is 0 Å². The van der Waals surface area contributed by atoms with Crippen molar-refractivity contribution < 1.29 is 17.9 Å². The van der Waals surface area contributed by atoms with Gasteiger partial charge in [-0.05, 0) is 13.3 Å². The molecule has 0 saturated heterocycles. The summed E-state index contributed by atoms with van der Waals surface area (Å²) in [6, 6.07) is 1.87. The Labute approximate surface area is 88.9 Å². The van der Waals surface area contributed by atoms with Gasteiger partial charge < -0.3 is 4.74 Å². The molecule has 1 fully saturated rings. The van der Waals surface area contributed by atoms with Gasteiger partial charge in [0.25, 0.3) is 0 Å². The number of rotatable bonds is 4. The number of nitrogens with zero attached hydrogens (tertiary/aromatic N) is 1. The molecule has 0 spiro atoms. The van der Waals surface area contributed by atoms with Gasteiger partial charge in [0.05, 0.1) is 18.4 Å². The number of hydrogen-bond donors (Lipinski definition) is 0. The SMILES string of the molecule is CCOC(=O)[C@@]1(C#N)C[C@H]1CS(C)(=O)=O. The van der Waals surface area contributed by atoms with Gasteiger partial charge in [-0.15, -0.1) is 0 Å². The molecule has 5 nitrogen and oxygen atoms in total. The van der Waals surface area contributed by atoms with Crippen LogP contribution in [0.5, 0.6) is 0 Å². The lowest BCUT2D eigenvalue weighted by atomic mass is 10.1. The fraction of sp³-hybridized carbons (Fsp3) is 0.778. The average Bonchev–Trinajstić information content (AvgIpc) is 2.77. The van der Waals surface area contributed by atoms with E-state index in [0.29, 0.717) is 0 Å². The Kier molecular flexibility index (Phi) is 3.05. The Hall–Kier alpha value is -1.09. The normalized spacial score (nSPS) is 29.3. The van der Waals surface area contributed by atoms with E-state index in [9.17, 15) is 13.2 Å². The highest BCUT2D eigenvalue weighted by molar-refractivity contribution is 7.90. The summed E-state index contributed by atoms with van der Waals surface area (Å²) >= 11 is 0. The monoisotopic (exact) mass is 231 g/mol. The van der Waals surface area contributed by atoms with Crippen LogP contribution in [0.4, 0.5) is 0 Å². The summed E-state index contributed by atoms with van der Waals surface area (Å²) in [6.07, 6.45) is 1.38. The third kappa shape index (κ3) is 2.48. The Bertz CT molecular complexity index is 408. The van der Waals surface area contributed by atoms with Gasteiger partial charge >= 0.3 is 5.97 Å². The van der Waals surface area contributed by atoms with Crippen LogP contribution < -0.4 is 0 Å². The van der Waals surface area contributed by atoms with Gasteiger partial charge in [0, 0.05) is 12.2 Å². The molecule has 1 aliphatic carbocycles. The number of sulfone groups is 1. The van der Waals surface area contributed by atoms with E-state index in [1.165, 1.54) is 0 Å². The average molecular weight is 231 g/mol. The van der Waals surface area contributed by atoms with Crippen molar-refractivity contribution in [1.82, 2.24) is 0 Å². The second-order valence-electron chi connectivity index (χ2n) is 3.80. The first-order valence-corrected chi connectivity index (χ1v) is 6.68. The summed E-state index contributed by atoms with van der Waals surface area (Å²) in [5.74, 6) is -1.13. The lowest BCUT2D eigenvalue weighted by Crippen LogP contribution is -2.22. The number of carbonyl (C=O) groups is 1. The maximum absolute atomic E-state index is 11.4. The molecule has 0 bridgehead atoms. The molecule has 1 rings (SSSR count). The maximum Gasteiger partial charge on any atom is 0.326 e. The van der Waals surface area contributed by atoms with Crippen LogP contribution in [0.3, 0.4) is 0 Å². The zero-order chi connectivity index (χ0) is 11.7. The highest BCUT2D eigenvalue weighted by Gasteiger charge is 2.63. The second-order valence-corrected chi connectivity index (χ2v) is 5.98. The van der Waals surface area contributed by atoms with Crippen molar-refractivity contribution in [2.75, 3.05) is 18.6 Å². The Morgan fingerprint density at radius 2 is 2.27 bits per heavy atom. The van der Waals surface area contributed by atoms with Gasteiger partial charge in [-0.2, -0.15) is 5.26 Å². The predicted molar refractivity (Wildman–Crippen MR) is 52.5 cm³/mol. The van der Waals surface area contributed by atoms with Crippen molar-refractivity contribution >= 4 is 15.8 Å². The van der Waals surface area contributed by atoms with Crippen molar-refractivity contribution in [2.45, 2.75) is 13.3 Å². The molecule has 6 heteroatoms. The van der Waals surface area contributed by atoms with Gasteiger partial charge in [-0.1, -0.05) is 0 Å². The summed E-state index contributed by atoms with van der Waals surface area (Å²) in [4.78, 5) is 11.4. The van der Waals surface area contributed by atoms with E-state index in [4.69, 9.17) is 10.00 Å². The first-order chi connectivity index (χ1) is 6.85. The zero-order valence-electron chi connectivity index (χ0n) is 8.69. The van der Waals surface area contributed by atoms with Gasteiger partial charge in [0.15, 0.2) is 5.41 Å². The van der Waals surface area contributed by atoms with Gasteiger partial charge in [0.2, 0.25) is 0 Å². The Morgan fingerprint density at radius 3 is 2.67 bits per heavy atom. The molecule has 0 amide bonds. The quantitative estimate of drug-likeness (QED) is 0.642. The summed E-state index contributed by atoms with van der Waals surface area (Å²) in [5.41, 5.74) is -1.21. The van der Waals surface area contributed by atoms with Crippen molar-refractivity contribution in [2.24, 2.45) is 11.3 Å². The number of esters is 1. The molecular formula is C9H13NO4S. The van der Waals surface area contributed by atoms with E-state index in [-0.39, 0.29) is 18.8 Å². The topological polar surface area (TPSA) is 84.2 Å². The molecular weight excluding hydrogens is 218 g/mol. The van der Waals surface area contributed by atoms with Gasteiger partial charge in [-0.3, -0.25) is 4.79 Å². The van der Waals surface area contributed by atoms with E-state index in [1.807, 2.05) is 6.07 Å². The van der Waals surface area contributed by atoms with Crippen LogP contribution >= 0.6 is 0 Å². The molecule has 0 aliphatic heterocycles. The van der Waals surface area contributed by atoms with Gasteiger partial charge in [-0.25, -0.2) is 8.42 Å². The first kappa shape index (κ1) is 12.0. The van der Waals surface area contributed by atoms with Gasteiger partial charge in [0.1, 0.15) is 9.84 Å². The van der Waals surface area contributed by atoms with Crippen LogP contribution in [-0.2, 0) is 19.4 Å². The second kappa shape index (κ2) is 3.81. The summed E-state index contributed by atoms with van der Waals surface area (Å²) in [6.45, 7) is 1.85. The maximum atomic E-state index is 11.4. The Balaban J connectivity index is 2.71. The van der Waals surface area contributed by atoms with Crippen LogP contribution in [-0.4, -0.2) is 33.0 Å². The fourth-order valence-corrected chi connectivity index (χ4v) is 2.72. The van der Waals surface area contributed by atoms with Crippen molar-refractivity contribution in [1.29, 1.82) is 5.26 Å². The molecule has 0 aromatic heterocycles. The fourth-order valence-electron chi connectivity index (χ4n) is 1.59. The van der Waals surface area contributed by atoms with E-state index in [1.54, 1.807) is 6.92 Å². The summed E-state index contributed by atoms with van der Waals surface area (Å²) < 4.78 is 26.8. The zero-order valence-corrected chi connectivity index (χ0v) is 9.50. The standard InChI is InChI=1S/C9H13NO4S/c1-3-14-8(11)9(6-10)4-7(9)5-15(2,12)13/h7H,3-5H2,1-2H3/t7-,9+/m0/s1. The summed E-state index contributed by atoms with van der Waals surface area (Å²) in [5, 5.41) is 8.88. The van der Waals surface area contributed by atoms with Crippen molar-refractivity contribution in [3.8, 4) is 6.07 Å². The van der Waals surface area contributed by atoms with E-state index in [2.05, 4.69) is 0 Å². The molecule has 0 heterocycles. The number of nitriles is 1. The minimum Gasteiger partial charge on any atom is -0.465 e. The van der Waals surface area contributed by atoms with E-state index < -0.39 is 27.1 Å². The largest absolute Gasteiger partial charge is 0.465 e. The lowest BCUT2D eigenvalue weighted by Gasteiger charge is -2.06. The molecule has 1 aliphatic rings. The third-order valence-electron chi connectivity index (χ3n) is 2.45. The molecule has 0 aromatic rings.